The van der Waals surface area contributed by atoms with E-state index in [1.807, 2.05) is 6.07 Å². The number of thiophene rings is 1. The molecule has 0 aromatic carbocycles. The van der Waals surface area contributed by atoms with E-state index in [1.165, 1.54) is 30.6 Å². The summed E-state index contributed by atoms with van der Waals surface area (Å²) in [4.78, 5) is 12.6. The van der Waals surface area contributed by atoms with E-state index < -0.39 is 5.97 Å². The molecule has 0 radical (unpaired) electrons. The molecule has 0 aliphatic carbocycles. The van der Waals surface area contributed by atoms with Crippen LogP contribution >= 0.6 is 11.3 Å². The molecule has 0 saturated carbocycles. The molecule has 0 unspecified atom stereocenters. The van der Waals surface area contributed by atoms with Crippen LogP contribution < -0.4 is 4.74 Å². The van der Waals surface area contributed by atoms with Crippen LogP contribution in [0.15, 0.2) is 6.07 Å². The zero-order valence-electron chi connectivity index (χ0n) is 12.1. The zero-order valence-corrected chi connectivity index (χ0v) is 12.9. The molecule has 0 atom stereocenters. The SMILES string of the molecule is CCCCCCCOc1cc(C(C)C)sc1C(=O)O. The highest BCUT2D eigenvalue weighted by Gasteiger charge is 2.18. The maximum absolute atomic E-state index is 11.2. The molecule has 1 aromatic heterocycles. The van der Waals surface area contributed by atoms with Crippen molar-refractivity contribution in [3.05, 3.63) is 15.8 Å². The Hall–Kier alpha value is -1.03. The number of hydrogen-bond donors (Lipinski definition) is 1. The highest BCUT2D eigenvalue weighted by molar-refractivity contribution is 7.14. The lowest BCUT2D eigenvalue weighted by Crippen LogP contribution is -2.01. The lowest BCUT2D eigenvalue weighted by Gasteiger charge is -2.05. The molecule has 0 aliphatic heterocycles. The van der Waals surface area contributed by atoms with Crippen LogP contribution in [0.3, 0.4) is 0 Å². The van der Waals surface area contributed by atoms with E-state index in [9.17, 15) is 4.79 Å². The summed E-state index contributed by atoms with van der Waals surface area (Å²) < 4.78 is 5.64. The molecule has 108 valence electrons. The van der Waals surface area contributed by atoms with Gasteiger partial charge < -0.3 is 9.84 Å². The fraction of sp³-hybridized carbons (Fsp3) is 0.667. The van der Waals surface area contributed by atoms with Crippen LogP contribution in [0.4, 0.5) is 0 Å². The highest BCUT2D eigenvalue weighted by atomic mass is 32.1. The molecule has 0 aliphatic rings. The predicted octanol–water partition coefficient (Wildman–Crippen LogP) is 4.92. The minimum absolute atomic E-state index is 0.331. The second-order valence-corrected chi connectivity index (χ2v) is 6.15. The fourth-order valence-electron chi connectivity index (χ4n) is 1.82. The minimum Gasteiger partial charge on any atom is -0.492 e. The van der Waals surface area contributed by atoms with Gasteiger partial charge in [0.15, 0.2) is 4.88 Å². The summed E-state index contributed by atoms with van der Waals surface area (Å²) in [5.74, 6) is -0.0143. The maximum atomic E-state index is 11.2. The summed E-state index contributed by atoms with van der Waals surface area (Å²) in [5.41, 5.74) is 0. The Balaban J connectivity index is 2.49. The van der Waals surface area contributed by atoms with Crippen LogP contribution in [0.25, 0.3) is 0 Å². The third-order valence-electron chi connectivity index (χ3n) is 2.99. The predicted molar refractivity (Wildman–Crippen MR) is 79.6 cm³/mol. The molecule has 0 fully saturated rings. The summed E-state index contributed by atoms with van der Waals surface area (Å²) in [5, 5.41) is 9.16. The van der Waals surface area contributed by atoms with Gasteiger partial charge in [-0.1, -0.05) is 46.5 Å². The second kappa shape index (κ2) is 8.20. The molecule has 0 saturated heterocycles. The van der Waals surface area contributed by atoms with E-state index >= 15 is 0 Å². The summed E-state index contributed by atoms with van der Waals surface area (Å²) in [7, 11) is 0. The number of carbonyl (C=O) groups is 1. The van der Waals surface area contributed by atoms with Crippen LogP contribution in [0.5, 0.6) is 5.75 Å². The average molecular weight is 284 g/mol. The first-order valence-electron chi connectivity index (χ1n) is 7.06. The summed E-state index contributed by atoms with van der Waals surface area (Å²) in [6.45, 7) is 6.92. The molecular formula is C15H24O3S. The van der Waals surface area contributed by atoms with Crippen molar-refractivity contribution in [3.8, 4) is 5.75 Å². The fourth-order valence-corrected chi connectivity index (χ4v) is 2.76. The Bertz CT molecular complexity index is 396. The van der Waals surface area contributed by atoms with Gasteiger partial charge in [0.1, 0.15) is 5.75 Å². The van der Waals surface area contributed by atoms with Crippen LogP contribution in [0, 0.1) is 0 Å². The Morgan fingerprint density at radius 3 is 2.58 bits per heavy atom. The van der Waals surface area contributed by atoms with Crippen molar-refractivity contribution in [1.29, 1.82) is 0 Å². The normalized spacial score (nSPS) is 10.9. The van der Waals surface area contributed by atoms with Crippen LogP contribution in [0.1, 0.15) is 73.3 Å². The van der Waals surface area contributed by atoms with Gasteiger partial charge in [-0.15, -0.1) is 11.3 Å². The molecule has 1 rings (SSSR count). The van der Waals surface area contributed by atoms with Gasteiger partial charge in [-0.3, -0.25) is 0 Å². The van der Waals surface area contributed by atoms with Gasteiger partial charge in [-0.2, -0.15) is 0 Å². The highest BCUT2D eigenvalue weighted by Crippen LogP contribution is 2.33. The molecule has 0 bridgehead atoms. The van der Waals surface area contributed by atoms with Gasteiger partial charge in [0.25, 0.3) is 0 Å². The van der Waals surface area contributed by atoms with Crippen LogP contribution in [0.2, 0.25) is 0 Å². The Morgan fingerprint density at radius 1 is 1.32 bits per heavy atom. The lowest BCUT2D eigenvalue weighted by atomic mass is 10.1. The van der Waals surface area contributed by atoms with E-state index in [-0.39, 0.29) is 0 Å². The summed E-state index contributed by atoms with van der Waals surface area (Å²) >= 11 is 1.32. The molecule has 1 heterocycles. The Labute approximate surface area is 119 Å². The number of hydrogen-bond acceptors (Lipinski definition) is 3. The third-order valence-corrected chi connectivity index (χ3v) is 4.39. The smallest absolute Gasteiger partial charge is 0.349 e. The van der Waals surface area contributed by atoms with Crippen molar-refractivity contribution >= 4 is 17.3 Å². The van der Waals surface area contributed by atoms with E-state index in [2.05, 4.69) is 20.8 Å². The van der Waals surface area contributed by atoms with Crippen LogP contribution in [-0.4, -0.2) is 17.7 Å². The zero-order chi connectivity index (χ0) is 14.3. The van der Waals surface area contributed by atoms with Crippen LogP contribution in [-0.2, 0) is 0 Å². The summed E-state index contributed by atoms with van der Waals surface area (Å²) in [6.07, 6.45) is 5.86. The van der Waals surface area contributed by atoms with Crippen molar-refractivity contribution in [3.63, 3.8) is 0 Å². The number of carboxylic acid groups (broad SMARTS) is 1. The molecule has 1 aromatic rings. The molecule has 4 heteroatoms. The van der Waals surface area contributed by atoms with Crippen molar-refractivity contribution in [2.24, 2.45) is 0 Å². The quantitative estimate of drug-likeness (QED) is 0.655. The van der Waals surface area contributed by atoms with E-state index in [0.717, 1.165) is 17.7 Å². The first-order chi connectivity index (χ1) is 9.06. The summed E-state index contributed by atoms with van der Waals surface area (Å²) in [6, 6.07) is 1.88. The van der Waals surface area contributed by atoms with E-state index in [4.69, 9.17) is 9.84 Å². The lowest BCUT2D eigenvalue weighted by molar-refractivity contribution is 0.0698. The minimum atomic E-state index is -0.891. The second-order valence-electron chi connectivity index (χ2n) is 5.06. The molecule has 1 N–H and O–H groups in total. The van der Waals surface area contributed by atoms with E-state index in [0.29, 0.717) is 23.2 Å². The standard InChI is InChI=1S/C15H24O3S/c1-4-5-6-7-8-9-18-12-10-13(11(2)3)19-14(12)15(16)17/h10-11H,4-9H2,1-3H3,(H,16,17). The number of unbranched alkanes of at least 4 members (excludes halogenated alkanes) is 4. The maximum Gasteiger partial charge on any atom is 0.349 e. The van der Waals surface area contributed by atoms with Gasteiger partial charge in [-0.05, 0) is 18.4 Å². The number of carboxylic acids is 1. The van der Waals surface area contributed by atoms with Crippen molar-refractivity contribution in [2.45, 2.75) is 58.8 Å². The van der Waals surface area contributed by atoms with Gasteiger partial charge >= 0.3 is 5.97 Å². The molecule has 3 nitrogen and oxygen atoms in total. The first-order valence-corrected chi connectivity index (χ1v) is 7.87. The first kappa shape index (κ1) is 16.0. The Kier molecular flexibility index (Phi) is 6.92. The number of aromatic carboxylic acids is 1. The van der Waals surface area contributed by atoms with Gasteiger partial charge in [0.05, 0.1) is 6.61 Å². The topological polar surface area (TPSA) is 46.5 Å². The molecule has 19 heavy (non-hydrogen) atoms. The number of rotatable bonds is 9. The van der Waals surface area contributed by atoms with Gasteiger partial charge in [-0.25, -0.2) is 4.79 Å². The largest absolute Gasteiger partial charge is 0.492 e. The molecule has 0 amide bonds. The van der Waals surface area contributed by atoms with Gasteiger partial charge in [0.2, 0.25) is 0 Å². The monoisotopic (exact) mass is 284 g/mol. The van der Waals surface area contributed by atoms with Crippen molar-refractivity contribution < 1.29 is 14.6 Å². The Morgan fingerprint density at radius 2 is 2.00 bits per heavy atom. The van der Waals surface area contributed by atoms with Gasteiger partial charge in [0, 0.05) is 4.88 Å². The van der Waals surface area contributed by atoms with Crippen molar-refractivity contribution in [1.82, 2.24) is 0 Å². The van der Waals surface area contributed by atoms with E-state index in [1.54, 1.807) is 0 Å². The molecular weight excluding hydrogens is 260 g/mol. The average Bonchev–Trinajstić information content (AvgIpc) is 2.78. The third kappa shape index (κ3) is 5.23. The van der Waals surface area contributed by atoms with Crippen molar-refractivity contribution in [2.75, 3.05) is 6.61 Å². The molecule has 0 spiro atoms. The number of ether oxygens (including phenoxy) is 1.